The first-order chi connectivity index (χ1) is 4.83. The van der Waals surface area contributed by atoms with Crippen LogP contribution in [0.1, 0.15) is 6.92 Å². The maximum Gasteiger partial charge on any atom is 0.145 e. The number of hydrogen-bond donors (Lipinski definition) is 1. The van der Waals surface area contributed by atoms with Gasteiger partial charge in [0.15, 0.2) is 0 Å². The van der Waals surface area contributed by atoms with Crippen LogP contribution in [0.4, 0.5) is 5.82 Å². The molecule has 1 aromatic heterocycles. The normalized spacial score (nSPS) is 10.1. The third kappa shape index (κ3) is 1.73. The van der Waals surface area contributed by atoms with E-state index in [1.807, 2.05) is 6.92 Å². The first-order valence-electron chi connectivity index (χ1n) is 3.19. The van der Waals surface area contributed by atoms with Crippen molar-refractivity contribution in [1.29, 1.82) is 0 Å². The molecule has 4 heteroatoms. The Morgan fingerprint density at radius 3 is 3.10 bits per heavy atom. The van der Waals surface area contributed by atoms with E-state index < -0.39 is 0 Å². The fraction of sp³-hybridized carbons (Fsp3) is 0.500. The highest BCUT2D eigenvalue weighted by Crippen LogP contribution is 1.94. The molecule has 0 aliphatic carbocycles. The van der Waals surface area contributed by atoms with Gasteiger partial charge in [0.1, 0.15) is 12.5 Å². The average Bonchev–Trinajstić information content (AvgIpc) is 2.31. The Labute approximate surface area is 59.6 Å². The van der Waals surface area contributed by atoms with Crippen molar-refractivity contribution < 1.29 is 4.74 Å². The summed E-state index contributed by atoms with van der Waals surface area (Å²) in [6.45, 7) is 3.11. The Kier molecular flexibility index (Phi) is 2.28. The minimum Gasteiger partial charge on any atom is -0.382 e. The van der Waals surface area contributed by atoms with Crippen LogP contribution in [0.15, 0.2) is 12.3 Å². The molecular weight excluding hydrogens is 130 g/mol. The lowest BCUT2D eigenvalue weighted by molar-refractivity contribution is 0.0794. The molecule has 0 amide bonds. The minimum absolute atomic E-state index is 0.480. The Bertz CT molecular complexity index is 197. The first-order valence-corrected chi connectivity index (χ1v) is 3.19. The van der Waals surface area contributed by atoms with Crippen molar-refractivity contribution in [2.24, 2.45) is 0 Å². The zero-order valence-electron chi connectivity index (χ0n) is 5.95. The molecule has 0 aromatic carbocycles. The van der Waals surface area contributed by atoms with Gasteiger partial charge in [0.05, 0.1) is 0 Å². The summed E-state index contributed by atoms with van der Waals surface area (Å²) < 4.78 is 6.73. The van der Waals surface area contributed by atoms with Gasteiger partial charge in [0.25, 0.3) is 0 Å². The number of anilines is 1. The van der Waals surface area contributed by atoms with Crippen molar-refractivity contribution in [3.63, 3.8) is 0 Å². The molecule has 10 heavy (non-hydrogen) atoms. The van der Waals surface area contributed by atoms with Crippen molar-refractivity contribution in [2.75, 3.05) is 12.3 Å². The van der Waals surface area contributed by atoms with E-state index in [0.717, 1.165) is 0 Å². The van der Waals surface area contributed by atoms with Crippen LogP contribution in [-0.2, 0) is 11.5 Å². The third-order valence-corrected chi connectivity index (χ3v) is 1.09. The van der Waals surface area contributed by atoms with Gasteiger partial charge >= 0.3 is 0 Å². The number of aromatic nitrogens is 2. The maximum absolute atomic E-state index is 5.36. The van der Waals surface area contributed by atoms with Crippen molar-refractivity contribution in [3.8, 4) is 0 Å². The lowest BCUT2D eigenvalue weighted by atomic mass is 10.7. The molecule has 0 aliphatic rings. The number of hydrogen-bond acceptors (Lipinski definition) is 3. The second-order valence-corrected chi connectivity index (χ2v) is 1.90. The van der Waals surface area contributed by atoms with Crippen molar-refractivity contribution in [3.05, 3.63) is 12.3 Å². The highest BCUT2D eigenvalue weighted by atomic mass is 16.5. The Hall–Kier alpha value is -1.03. The number of ether oxygens (including phenoxy) is 1. The predicted molar refractivity (Wildman–Crippen MR) is 38.3 cm³/mol. The summed E-state index contributed by atoms with van der Waals surface area (Å²) >= 11 is 0. The van der Waals surface area contributed by atoms with Gasteiger partial charge in [-0.15, -0.1) is 0 Å². The SMILES string of the molecule is CCOCn1ccc(N)n1. The molecule has 0 radical (unpaired) electrons. The van der Waals surface area contributed by atoms with Crippen molar-refractivity contribution >= 4 is 5.82 Å². The van der Waals surface area contributed by atoms with Gasteiger partial charge in [-0.05, 0) is 6.92 Å². The average molecular weight is 141 g/mol. The Morgan fingerprint density at radius 2 is 2.60 bits per heavy atom. The largest absolute Gasteiger partial charge is 0.382 e. The van der Waals surface area contributed by atoms with E-state index in [1.54, 1.807) is 16.9 Å². The van der Waals surface area contributed by atoms with Gasteiger partial charge < -0.3 is 10.5 Å². The Balaban J connectivity index is 2.42. The quantitative estimate of drug-likeness (QED) is 0.665. The van der Waals surface area contributed by atoms with Gasteiger partial charge in [0.2, 0.25) is 0 Å². The smallest absolute Gasteiger partial charge is 0.145 e. The van der Waals surface area contributed by atoms with Crippen molar-refractivity contribution in [1.82, 2.24) is 9.78 Å². The summed E-state index contributed by atoms with van der Waals surface area (Å²) in [7, 11) is 0. The molecule has 0 saturated carbocycles. The van der Waals surface area contributed by atoms with E-state index in [4.69, 9.17) is 10.5 Å². The summed E-state index contributed by atoms with van der Waals surface area (Å²) in [6.07, 6.45) is 1.78. The molecule has 56 valence electrons. The van der Waals surface area contributed by atoms with E-state index in [9.17, 15) is 0 Å². The van der Waals surface area contributed by atoms with Crippen LogP contribution in [-0.4, -0.2) is 16.4 Å². The monoisotopic (exact) mass is 141 g/mol. The number of nitrogens with two attached hydrogens (primary N) is 1. The van der Waals surface area contributed by atoms with Gasteiger partial charge in [-0.3, -0.25) is 0 Å². The van der Waals surface area contributed by atoms with Crippen LogP contribution in [0.3, 0.4) is 0 Å². The van der Waals surface area contributed by atoms with E-state index in [-0.39, 0.29) is 0 Å². The summed E-state index contributed by atoms with van der Waals surface area (Å²) in [5.41, 5.74) is 5.36. The predicted octanol–water partition coefficient (Wildman–Crippen LogP) is 0.459. The molecule has 0 spiro atoms. The summed E-state index contributed by atoms with van der Waals surface area (Å²) in [6, 6.07) is 1.74. The highest BCUT2D eigenvalue weighted by Gasteiger charge is 1.91. The number of nitrogens with zero attached hydrogens (tertiary/aromatic N) is 2. The molecule has 0 saturated heterocycles. The summed E-state index contributed by atoms with van der Waals surface area (Å²) in [4.78, 5) is 0. The lowest BCUT2D eigenvalue weighted by Crippen LogP contribution is -2.02. The molecule has 1 heterocycles. The van der Waals surface area contributed by atoms with Gasteiger partial charge in [-0.2, -0.15) is 5.10 Å². The zero-order chi connectivity index (χ0) is 7.40. The molecule has 0 unspecified atom stereocenters. The van der Waals surface area contributed by atoms with Gasteiger partial charge in [-0.1, -0.05) is 0 Å². The molecular formula is C6H11N3O. The van der Waals surface area contributed by atoms with Crippen molar-refractivity contribution in [2.45, 2.75) is 13.7 Å². The molecule has 0 atom stereocenters. The van der Waals surface area contributed by atoms with Crippen LogP contribution in [0.5, 0.6) is 0 Å². The first kappa shape index (κ1) is 7.08. The van der Waals surface area contributed by atoms with Gasteiger partial charge in [0, 0.05) is 18.9 Å². The van der Waals surface area contributed by atoms with Crippen LogP contribution >= 0.6 is 0 Å². The minimum atomic E-state index is 0.480. The second-order valence-electron chi connectivity index (χ2n) is 1.90. The standard InChI is InChI=1S/C6H11N3O/c1-2-10-5-9-4-3-6(7)8-9/h3-4H,2,5H2,1H3,(H2,7,8). The second kappa shape index (κ2) is 3.22. The molecule has 1 aromatic rings. The highest BCUT2D eigenvalue weighted by molar-refractivity contribution is 5.23. The van der Waals surface area contributed by atoms with Crippen LogP contribution in [0, 0.1) is 0 Å². The lowest BCUT2D eigenvalue weighted by Gasteiger charge is -1.98. The summed E-state index contributed by atoms with van der Waals surface area (Å²) in [5.74, 6) is 0.528. The fourth-order valence-electron chi connectivity index (χ4n) is 0.634. The third-order valence-electron chi connectivity index (χ3n) is 1.09. The molecule has 4 nitrogen and oxygen atoms in total. The Morgan fingerprint density at radius 1 is 1.80 bits per heavy atom. The maximum atomic E-state index is 5.36. The van der Waals surface area contributed by atoms with Gasteiger partial charge in [-0.25, -0.2) is 4.68 Å². The molecule has 0 aliphatic heterocycles. The zero-order valence-corrected chi connectivity index (χ0v) is 5.95. The number of nitrogen functional groups attached to an aromatic ring is 1. The van der Waals surface area contributed by atoms with E-state index in [0.29, 0.717) is 19.2 Å². The molecule has 1 rings (SSSR count). The van der Waals surface area contributed by atoms with E-state index >= 15 is 0 Å². The summed E-state index contributed by atoms with van der Waals surface area (Å²) in [5, 5.41) is 3.92. The van der Waals surface area contributed by atoms with Crippen LogP contribution < -0.4 is 5.73 Å². The molecule has 0 bridgehead atoms. The van der Waals surface area contributed by atoms with Crippen LogP contribution in [0.2, 0.25) is 0 Å². The van der Waals surface area contributed by atoms with E-state index in [1.165, 1.54) is 0 Å². The number of rotatable bonds is 3. The van der Waals surface area contributed by atoms with E-state index in [2.05, 4.69) is 5.10 Å². The fourth-order valence-corrected chi connectivity index (χ4v) is 0.634. The molecule has 2 N–H and O–H groups in total. The van der Waals surface area contributed by atoms with Crippen LogP contribution in [0.25, 0.3) is 0 Å². The topological polar surface area (TPSA) is 53.1 Å². The molecule has 0 fully saturated rings.